The monoisotopic (exact) mass is 563 g/mol. The molecule has 0 unspecified atom stereocenters. The third-order valence-corrected chi connectivity index (χ3v) is 5.05. The zero-order valence-corrected chi connectivity index (χ0v) is 20.2. The molecule has 0 atom stereocenters. The minimum absolute atomic E-state index is 0. The molecule has 176 valence electrons. The smallest absolute Gasteiger partial charge is 0.355 e. The van der Waals surface area contributed by atoms with E-state index in [0.29, 0.717) is 25.1 Å². The summed E-state index contributed by atoms with van der Waals surface area (Å²) in [6, 6.07) is 11.6. The summed E-state index contributed by atoms with van der Waals surface area (Å²) in [7, 11) is 1.70. The van der Waals surface area contributed by atoms with Gasteiger partial charge in [0.15, 0.2) is 5.96 Å². The third kappa shape index (κ3) is 8.41. The average molecular weight is 563 g/mol. The molecular weight excluding hydrogens is 534 g/mol. The molecule has 0 spiro atoms. The molecule has 1 aliphatic rings. The van der Waals surface area contributed by atoms with Crippen LogP contribution >= 0.6 is 24.0 Å². The van der Waals surface area contributed by atoms with Gasteiger partial charge in [-0.05, 0) is 24.5 Å². The molecule has 0 radical (unpaired) electrons. The van der Waals surface area contributed by atoms with Crippen molar-refractivity contribution in [1.29, 1.82) is 0 Å². The van der Waals surface area contributed by atoms with Crippen LogP contribution in [0.2, 0.25) is 0 Å². The molecule has 11 heteroatoms. The highest BCUT2D eigenvalue weighted by Crippen LogP contribution is 2.27. The van der Waals surface area contributed by atoms with Gasteiger partial charge in [0.2, 0.25) is 5.95 Å². The van der Waals surface area contributed by atoms with Crippen molar-refractivity contribution < 1.29 is 13.2 Å². The van der Waals surface area contributed by atoms with Crippen LogP contribution in [0, 0.1) is 0 Å². The van der Waals surface area contributed by atoms with Gasteiger partial charge >= 0.3 is 6.18 Å². The summed E-state index contributed by atoms with van der Waals surface area (Å²) >= 11 is 0. The molecule has 0 bridgehead atoms. The number of nitrogens with one attached hydrogen (secondary N) is 3. The number of guanidine groups is 1. The van der Waals surface area contributed by atoms with E-state index in [4.69, 9.17) is 0 Å². The van der Waals surface area contributed by atoms with Crippen LogP contribution in [0.1, 0.15) is 24.1 Å². The highest BCUT2D eigenvalue weighted by Gasteiger charge is 2.32. The van der Waals surface area contributed by atoms with Gasteiger partial charge in [-0.15, -0.1) is 24.0 Å². The molecule has 3 rings (SSSR count). The first-order valence-electron chi connectivity index (χ1n) is 10.3. The first-order valence-corrected chi connectivity index (χ1v) is 10.3. The number of benzene rings is 1. The lowest BCUT2D eigenvalue weighted by Gasteiger charge is -2.33. The Balaban J connectivity index is 0.00000363. The molecule has 0 saturated carbocycles. The predicted molar refractivity (Wildman–Crippen MR) is 130 cm³/mol. The first-order chi connectivity index (χ1) is 14.9. The second kappa shape index (κ2) is 12.8. The van der Waals surface area contributed by atoms with E-state index >= 15 is 0 Å². The molecule has 1 fully saturated rings. The van der Waals surface area contributed by atoms with Gasteiger partial charge in [0.05, 0.1) is 0 Å². The molecule has 3 N–H and O–H groups in total. The highest BCUT2D eigenvalue weighted by molar-refractivity contribution is 14.0. The summed E-state index contributed by atoms with van der Waals surface area (Å²) in [5.74, 6) is 0.624. The molecule has 7 nitrogen and oxygen atoms in total. The summed E-state index contributed by atoms with van der Waals surface area (Å²) in [6.07, 6.45) is -1.36. The SMILES string of the molecule is CN=C(NCCNc1nccc(C(F)(F)F)n1)NC1CCN(Cc2ccccc2)CC1.I. The molecule has 1 aromatic heterocycles. The lowest BCUT2D eigenvalue weighted by Crippen LogP contribution is -2.49. The van der Waals surface area contributed by atoms with Gasteiger partial charge in [-0.1, -0.05) is 30.3 Å². The lowest BCUT2D eigenvalue weighted by molar-refractivity contribution is -0.141. The summed E-state index contributed by atoms with van der Waals surface area (Å²) in [5.41, 5.74) is 0.359. The van der Waals surface area contributed by atoms with Crippen molar-refractivity contribution in [2.75, 3.05) is 38.5 Å². The van der Waals surface area contributed by atoms with Crippen LogP contribution in [-0.2, 0) is 12.7 Å². The minimum Gasteiger partial charge on any atom is -0.355 e. The standard InChI is InChI=1S/C21H28F3N7.HI/c1-25-19(27-11-12-28-20-26-10-7-18(30-20)21(22,23)24)29-17-8-13-31(14-9-17)15-16-5-3-2-4-6-16;/h2-7,10,17H,8-9,11-15H2,1H3,(H2,25,27,29)(H,26,28,30);1H. The van der Waals surface area contributed by atoms with Gasteiger partial charge in [-0.25, -0.2) is 9.97 Å². The Morgan fingerprint density at radius 3 is 2.50 bits per heavy atom. The molecule has 1 saturated heterocycles. The maximum absolute atomic E-state index is 12.7. The minimum atomic E-state index is -4.49. The number of likely N-dealkylation sites (tertiary alicyclic amines) is 1. The van der Waals surface area contributed by atoms with Crippen LogP contribution < -0.4 is 16.0 Å². The van der Waals surface area contributed by atoms with Gasteiger partial charge in [0, 0.05) is 52.0 Å². The van der Waals surface area contributed by atoms with E-state index < -0.39 is 11.9 Å². The highest BCUT2D eigenvalue weighted by atomic mass is 127. The van der Waals surface area contributed by atoms with E-state index in [0.717, 1.165) is 44.7 Å². The maximum Gasteiger partial charge on any atom is 0.433 e. The molecule has 32 heavy (non-hydrogen) atoms. The molecule has 1 aromatic carbocycles. The maximum atomic E-state index is 12.7. The molecule has 2 heterocycles. The number of aliphatic imine (C=N–C) groups is 1. The van der Waals surface area contributed by atoms with Crippen LogP contribution in [0.3, 0.4) is 0 Å². The van der Waals surface area contributed by atoms with E-state index in [9.17, 15) is 13.2 Å². The number of aromatic nitrogens is 2. The Kier molecular flexibility index (Phi) is 10.4. The van der Waals surface area contributed by atoms with E-state index in [1.54, 1.807) is 7.05 Å². The second-order valence-electron chi connectivity index (χ2n) is 7.37. The fourth-order valence-corrected chi connectivity index (χ4v) is 3.42. The molecule has 0 amide bonds. The molecule has 0 aliphatic carbocycles. The zero-order chi connectivity index (χ0) is 22.1. The summed E-state index contributed by atoms with van der Waals surface area (Å²) < 4.78 is 38.1. The fraction of sp³-hybridized carbons (Fsp3) is 0.476. The van der Waals surface area contributed by atoms with Crippen LogP contribution in [-0.4, -0.2) is 60.1 Å². The van der Waals surface area contributed by atoms with Crippen molar-refractivity contribution in [3.05, 3.63) is 53.9 Å². The predicted octanol–water partition coefficient (Wildman–Crippen LogP) is 3.35. The largest absolute Gasteiger partial charge is 0.433 e. The number of halogens is 4. The van der Waals surface area contributed by atoms with E-state index in [1.807, 2.05) is 6.07 Å². The quantitative estimate of drug-likeness (QED) is 0.208. The average Bonchev–Trinajstić information content (AvgIpc) is 2.77. The van der Waals surface area contributed by atoms with E-state index in [2.05, 4.69) is 60.1 Å². The number of rotatable bonds is 7. The Morgan fingerprint density at radius 2 is 1.84 bits per heavy atom. The van der Waals surface area contributed by atoms with Gasteiger partial charge in [-0.2, -0.15) is 13.2 Å². The first kappa shape index (κ1) is 26.1. The van der Waals surface area contributed by atoms with Crippen molar-refractivity contribution in [2.45, 2.75) is 31.6 Å². The molecule has 2 aromatic rings. The summed E-state index contributed by atoms with van der Waals surface area (Å²) in [5, 5.41) is 9.39. The Labute approximate surface area is 203 Å². The van der Waals surface area contributed by atoms with E-state index in [-0.39, 0.29) is 29.9 Å². The number of anilines is 1. The summed E-state index contributed by atoms with van der Waals surface area (Å²) in [4.78, 5) is 14.0. The normalized spacial score (nSPS) is 15.7. The van der Waals surface area contributed by atoms with Crippen molar-refractivity contribution in [3.63, 3.8) is 0 Å². The van der Waals surface area contributed by atoms with Crippen molar-refractivity contribution in [1.82, 2.24) is 25.5 Å². The summed E-state index contributed by atoms with van der Waals surface area (Å²) in [6.45, 7) is 3.81. The number of alkyl halides is 3. The second-order valence-corrected chi connectivity index (χ2v) is 7.37. The lowest BCUT2D eigenvalue weighted by atomic mass is 10.0. The third-order valence-electron chi connectivity index (χ3n) is 5.05. The fourth-order valence-electron chi connectivity index (χ4n) is 3.42. The molecule has 1 aliphatic heterocycles. The number of nitrogens with zero attached hydrogens (tertiary/aromatic N) is 4. The Hall–Kier alpha value is -2.15. The van der Waals surface area contributed by atoms with Gasteiger partial charge in [0.1, 0.15) is 5.69 Å². The van der Waals surface area contributed by atoms with Crippen LogP contribution in [0.5, 0.6) is 0 Å². The zero-order valence-electron chi connectivity index (χ0n) is 17.9. The Bertz CT molecular complexity index is 841. The van der Waals surface area contributed by atoms with Crippen molar-refractivity contribution in [2.24, 2.45) is 4.99 Å². The number of hydrogen-bond donors (Lipinski definition) is 3. The van der Waals surface area contributed by atoms with Crippen molar-refractivity contribution in [3.8, 4) is 0 Å². The topological polar surface area (TPSA) is 77.5 Å². The number of hydrogen-bond acceptors (Lipinski definition) is 5. The van der Waals surface area contributed by atoms with Crippen LogP contribution in [0.25, 0.3) is 0 Å². The van der Waals surface area contributed by atoms with Gasteiger partial charge in [0.25, 0.3) is 0 Å². The van der Waals surface area contributed by atoms with E-state index in [1.165, 1.54) is 5.56 Å². The number of piperidine rings is 1. The van der Waals surface area contributed by atoms with Crippen LogP contribution in [0.15, 0.2) is 47.6 Å². The molecular formula is C21H29F3IN7. The van der Waals surface area contributed by atoms with Gasteiger partial charge in [-0.3, -0.25) is 9.89 Å². The van der Waals surface area contributed by atoms with Crippen molar-refractivity contribution >= 4 is 35.9 Å². The Morgan fingerprint density at radius 1 is 1.12 bits per heavy atom. The van der Waals surface area contributed by atoms with Gasteiger partial charge < -0.3 is 16.0 Å². The van der Waals surface area contributed by atoms with Crippen LogP contribution in [0.4, 0.5) is 19.1 Å².